The minimum absolute atomic E-state index is 0.0402. The van der Waals surface area contributed by atoms with Crippen LogP contribution in [0.2, 0.25) is 0 Å². The Balaban J connectivity index is 1.66. The number of hydrogen-bond acceptors (Lipinski definition) is 3. The van der Waals surface area contributed by atoms with Crippen molar-refractivity contribution < 1.29 is 14.3 Å². The molecule has 0 atom stereocenters. The summed E-state index contributed by atoms with van der Waals surface area (Å²) >= 11 is 0. The number of methoxy groups -OCH3 is 1. The second-order valence-corrected chi connectivity index (χ2v) is 6.00. The van der Waals surface area contributed by atoms with Crippen LogP contribution in [0.15, 0.2) is 42.5 Å². The van der Waals surface area contributed by atoms with E-state index < -0.39 is 0 Å². The average Bonchev–Trinajstić information content (AvgIpc) is 2.64. The van der Waals surface area contributed by atoms with Gasteiger partial charge in [-0.3, -0.25) is 4.79 Å². The molecule has 0 saturated heterocycles. The predicted molar refractivity (Wildman–Crippen MR) is 100 cm³/mol. The fourth-order valence-electron chi connectivity index (χ4n) is 2.62. The van der Waals surface area contributed by atoms with Crippen LogP contribution < -0.4 is 14.8 Å². The van der Waals surface area contributed by atoms with Gasteiger partial charge < -0.3 is 14.8 Å². The molecule has 4 heteroatoms. The van der Waals surface area contributed by atoms with Gasteiger partial charge in [0, 0.05) is 6.42 Å². The first-order valence-electron chi connectivity index (χ1n) is 8.74. The fraction of sp³-hybridized carbons (Fsp3) is 0.381. The molecule has 0 aliphatic carbocycles. The summed E-state index contributed by atoms with van der Waals surface area (Å²) in [5, 5.41) is 2.89. The van der Waals surface area contributed by atoms with Crippen LogP contribution in [-0.2, 0) is 17.6 Å². The zero-order chi connectivity index (χ0) is 18.1. The van der Waals surface area contributed by atoms with Crippen LogP contribution in [-0.4, -0.2) is 26.2 Å². The molecule has 0 unspecified atom stereocenters. The summed E-state index contributed by atoms with van der Waals surface area (Å²) in [5.74, 6) is 1.75. The van der Waals surface area contributed by atoms with Gasteiger partial charge in [-0.05, 0) is 54.7 Å². The van der Waals surface area contributed by atoms with Crippen molar-refractivity contribution in [3.8, 4) is 11.5 Å². The van der Waals surface area contributed by atoms with Crippen molar-refractivity contribution >= 4 is 5.91 Å². The summed E-state index contributed by atoms with van der Waals surface area (Å²) in [4.78, 5) is 11.9. The highest BCUT2D eigenvalue weighted by Crippen LogP contribution is 2.19. The molecule has 2 rings (SSSR count). The van der Waals surface area contributed by atoms with Crippen molar-refractivity contribution in [3.63, 3.8) is 0 Å². The molecule has 0 radical (unpaired) electrons. The summed E-state index contributed by atoms with van der Waals surface area (Å²) in [5.41, 5.74) is 3.51. The lowest BCUT2D eigenvalue weighted by Crippen LogP contribution is -2.28. The van der Waals surface area contributed by atoms with Gasteiger partial charge in [-0.25, -0.2) is 0 Å². The van der Waals surface area contributed by atoms with E-state index in [-0.39, 0.29) is 5.91 Å². The molecule has 1 N–H and O–H groups in total. The molecule has 1 amide bonds. The number of nitrogens with one attached hydrogen (secondary N) is 1. The second-order valence-electron chi connectivity index (χ2n) is 6.00. The zero-order valence-corrected chi connectivity index (χ0v) is 15.3. The van der Waals surface area contributed by atoms with Gasteiger partial charge in [0.1, 0.15) is 18.1 Å². The average molecular weight is 341 g/mol. The summed E-state index contributed by atoms with van der Waals surface area (Å²) in [6.07, 6.45) is 2.21. The Kier molecular flexibility index (Phi) is 7.33. The van der Waals surface area contributed by atoms with Crippen molar-refractivity contribution in [1.29, 1.82) is 0 Å². The molecule has 0 fully saturated rings. The molecule has 0 aromatic heterocycles. The van der Waals surface area contributed by atoms with E-state index in [4.69, 9.17) is 9.47 Å². The van der Waals surface area contributed by atoms with E-state index in [1.54, 1.807) is 7.11 Å². The van der Waals surface area contributed by atoms with Crippen molar-refractivity contribution in [2.45, 2.75) is 33.1 Å². The Morgan fingerprint density at radius 2 is 1.80 bits per heavy atom. The van der Waals surface area contributed by atoms with Gasteiger partial charge in [-0.1, -0.05) is 31.2 Å². The normalized spacial score (nSPS) is 10.4. The first-order chi connectivity index (χ1) is 12.1. The van der Waals surface area contributed by atoms with Crippen LogP contribution in [0.1, 0.15) is 30.0 Å². The molecular weight excluding hydrogens is 314 g/mol. The van der Waals surface area contributed by atoms with Crippen LogP contribution in [0, 0.1) is 6.92 Å². The first-order valence-corrected chi connectivity index (χ1v) is 8.74. The third-order valence-corrected chi connectivity index (χ3v) is 4.12. The summed E-state index contributed by atoms with van der Waals surface area (Å²) in [6, 6.07) is 14.1. The van der Waals surface area contributed by atoms with E-state index >= 15 is 0 Å². The van der Waals surface area contributed by atoms with E-state index in [1.807, 2.05) is 31.2 Å². The largest absolute Gasteiger partial charge is 0.496 e. The number of carbonyl (C=O) groups is 1. The molecule has 0 bridgehead atoms. The minimum atomic E-state index is 0.0402. The topological polar surface area (TPSA) is 47.6 Å². The van der Waals surface area contributed by atoms with Crippen LogP contribution >= 0.6 is 0 Å². The molecule has 0 aliphatic rings. The van der Waals surface area contributed by atoms with E-state index in [9.17, 15) is 4.79 Å². The third kappa shape index (κ3) is 6.14. The van der Waals surface area contributed by atoms with Crippen molar-refractivity contribution in [3.05, 3.63) is 59.2 Å². The number of rotatable bonds is 9. The number of carbonyl (C=O) groups excluding carboxylic acids is 1. The Bertz CT molecular complexity index is 680. The maximum Gasteiger partial charge on any atom is 0.220 e. The highest BCUT2D eigenvalue weighted by atomic mass is 16.5. The van der Waals surface area contributed by atoms with Gasteiger partial charge in [0.25, 0.3) is 0 Å². The summed E-state index contributed by atoms with van der Waals surface area (Å²) < 4.78 is 10.9. The predicted octanol–water partition coefficient (Wildman–Crippen LogP) is 3.69. The maximum absolute atomic E-state index is 11.9. The summed E-state index contributed by atoms with van der Waals surface area (Å²) in [7, 11) is 1.66. The Labute approximate surface area is 150 Å². The Hall–Kier alpha value is -2.49. The highest BCUT2D eigenvalue weighted by Gasteiger charge is 2.04. The van der Waals surface area contributed by atoms with Gasteiger partial charge in [-0.15, -0.1) is 0 Å². The quantitative estimate of drug-likeness (QED) is 0.708. The fourth-order valence-corrected chi connectivity index (χ4v) is 2.62. The highest BCUT2D eigenvalue weighted by molar-refractivity contribution is 5.76. The Morgan fingerprint density at radius 1 is 1.08 bits per heavy atom. The number of benzene rings is 2. The lowest BCUT2D eigenvalue weighted by atomic mass is 10.1. The van der Waals surface area contributed by atoms with Crippen molar-refractivity contribution in [2.24, 2.45) is 0 Å². The van der Waals surface area contributed by atoms with Crippen LogP contribution in [0.5, 0.6) is 11.5 Å². The van der Waals surface area contributed by atoms with E-state index in [1.165, 1.54) is 5.56 Å². The molecule has 2 aromatic rings. The van der Waals surface area contributed by atoms with Gasteiger partial charge in [0.15, 0.2) is 0 Å². The monoisotopic (exact) mass is 341 g/mol. The zero-order valence-electron chi connectivity index (χ0n) is 15.3. The molecule has 0 aliphatic heterocycles. The van der Waals surface area contributed by atoms with Gasteiger partial charge in [0.2, 0.25) is 5.91 Å². The third-order valence-electron chi connectivity index (χ3n) is 4.12. The molecule has 0 spiro atoms. The molecule has 134 valence electrons. The molecule has 25 heavy (non-hydrogen) atoms. The van der Waals surface area contributed by atoms with E-state index in [0.717, 1.165) is 35.5 Å². The van der Waals surface area contributed by atoms with Crippen molar-refractivity contribution in [2.75, 3.05) is 20.3 Å². The lowest BCUT2D eigenvalue weighted by molar-refractivity contribution is -0.121. The smallest absolute Gasteiger partial charge is 0.220 e. The number of ether oxygens (including phenoxy) is 2. The van der Waals surface area contributed by atoms with Crippen molar-refractivity contribution in [1.82, 2.24) is 5.32 Å². The van der Waals surface area contributed by atoms with Gasteiger partial charge in [0.05, 0.1) is 13.7 Å². The van der Waals surface area contributed by atoms with E-state index in [2.05, 4.69) is 30.4 Å². The van der Waals surface area contributed by atoms with E-state index in [0.29, 0.717) is 19.6 Å². The second kappa shape index (κ2) is 9.72. The summed E-state index contributed by atoms with van der Waals surface area (Å²) in [6.45, 7) is 5.11. The number of hydrogen-bond donors (Lipinski definition) is 1. The molecule has 2 aromatic carbocycles. The maximum atomic E-state index is 11.9. The van der Waals surface area contributed by atoms with Crippen LogP contribution in [0.3, 0.4) is 0 Å². The van der Waals surface area contributed by atoms with Gasteiger partial charge >= 0.3 is 0 Å². The molecule has 4 nitrogen and oxygen atoms in total. The minimum Gasteiger partial charge on any atom is -0.496 e. The number of aryl methyl sites for hydroxylation is 3. The van der Waals surface area contributed by atoms with Crippen LogP contribution in [0.25, 0.3) is 0 Å². The Morgan fingerprint density at radius 3 is 2.44 bits per heavy atom. The molecule has 0 saturated carbocycles. The first kappa shape index (κ1) is 18.8. The van der Waals surface area contributed by atoms with Gasteiger partial charge in [-0.2, -0.15) is 0 Å². The molecule has 0 heterocycles. The standard InChI is InChI=1S/C21H27NO3/c1-4-17-5-9-19(10-6-17)25-14-13-22-21(23)12-8-18-7-11-20(24-3)16(2)15-18/h5-7,9-11,15H,4,8,12-14H2,1-3H3,(H,22,23). The molecular formula is C21H27NO3. The number of amides is 1. The SMILES string of the molecule is CCc1ccc(OCCNC(=O)CCc2ccc(OC)c(C)c2)cc1. The lowest BCUT2D eigenvalue weighted by Gasteiger charge is -2.09. The van der Waals surface area contributed by atoms with Crippen LogP contribution in [0.4, 0.5) is 0 Å².